The van der Waals surface area contributed by atoms with Gasteiger partial charge < -0.3 is 9.80 Å². The van der Waals surface area contributed by atoms with E-state index in [2.05, 4.69) is 14.3 Å². The first-order valence-electron chi connectivity index (χ1n) is 9.39. The lowest BCUT2D eigenvalue weighted by molar-refractivity contribution is 0.0669. The summed E-state index contributed by atoms with van der Waals surface area (Å²) in [6, 6.07) is 13.7. The number of nitrogens with zero attached hydrogens (tertiary/aromatic N) is 4. The molecule has 0 N–H and O–H groups in total. The molecule has 2 heterocycles. The summed E-state index contributed by atoms with van der Waals surface area (Å²) in [6.07, 6.45) is 0.648. The Hall–Kier alpha value is -2.51. The summed E-state index contributed by atoms with van der Waals surface area (Å²) in [7, 11) is 0. The zero-order valence-electron chi connectivity index (χ0n) is 15.9. The minimum Gasteiger partial charge on any atom is -0.343 e. The molecule has 1 unspecified atom stereocenters. The highest BCUT2D eigenvalue weighted by molar-refractivity contribution is 7.09. The van der Waals surface area contributed by atoms with Crippen molar-refractivity contribution < 1.29 is 9.18 Å². The molecule has 1 atom stereocenters. The minimum atomic E-state index is -0.483. The van der Waals surface area contributed by atoms with E-state index >= 15 is 0 Å². The van der Waals surface area contributed by atoms with Gasteiger partial charge in [-0.1, -0.05) is 35.9 Å². The van der Waals surface area contributed by atoms with Crippen LogP contribution < -0.4 is 4.90 Å². The number of benzene rings is 2. The van der Waals surface area contributed by atoms with Gasteiger partial charge in [0.05, 0.1) is 5.56 Å². The number of amides is 1. The Kier molecular flexibility index (Phi) is 5.78. The van der Waals surface area contributed by atoms with Gasteiger partial charge in [-0.25, -0.2) is 9.37 Å². The summed E-state index contributed by atoms with van der Waals surface area (Å²) in [5, 5.41) is 1.55. The maximum atomic E-state index is 14.0. The number of carbonyl (C=O) groups excluding carboxylic acids is 1. The Morgan fingerprint density at radius 3 is 2.69 bits per heavy atom. The zero-order chi connectivity index (χ0) is 20.4. The first-order chi connectivity index (χ1) is 14.0. The van der Waals surface area contributed by atoms with E-state index in [9.17, 15) is 9.18 Å². The quantitative estimate of drug-likeness (QED) is 0.620. The summed E-state index contributed by atoms with van der Waals surface area (Å²) in [6.45, 7) is 3.76. The predicted molar refractivity (Wildman–Crippen MR) is 113 cm³/mol. The van der Waals surface area contributed by atoms with Gasteiger partial charge in [0.2, 0.25) is 5.13 Å². The highest BCUT2D eigenvalue weighted by atomic mass is 35.5. The molecule has 29 heavy (non-hydrogen) atoms. The lowest BCUT2D eigenvalue weighted by atomic mass is 10.1. The van der Waals surface area contributed by atoms with Crippen LogP contribution in [0.2, 0.25) is 5.02 Å². The second kappa shape index (κ2) is 8.47. The summed E-state index contributed by atoms with van der Waals surface area (Å²) in [4.78, 5) is 21.3. The van der Waals surface area contributed by atoms with E-state index in [1.54, 1.807) is 17.0 Å². The maximum Gasteiger partial charge on any atom is 0.257 e. The van der Waals surface area contributed by atoms with E-state index in [0.717, 1.165) is 16.5 Å². The first kappa shape index (κ1) is 19.8. The number of anilines is 1. The molecule has 2 aromatic carbocycles. The third-order valence-electron chi connectivity index (χ3n) is 5.00. The van der Waals surface area contributed by atoms with Crippen molar-refractivity contribution in [3.63, 3.8) is 0 Å². The number of carbonyl (C=O) groups is 1. The van der Waals surface area contributed by atoms with Gasteiger partial charge in [0.1, 0.15) is 11.6 Å². The van der Waals surface area contributed by atoms with E-state index in [1.165, 1.54) is 23.7 Å². The van der Waals surface area contributed by atoms with Crippen LogP contribution in [0.15, 0.2) is 48.5 Å². The van der Waals surface area contributed by atoms with Crippen LogP contribution >= 0.6 is 23.1 Å². The number of hydrogen-bond acceptors (Lipinski definition) is 5. The Balaban J connectivity index is 1.41. The summed E-state index contributed by atoms with van der Waals surface area (Å²) >= 11 is 7.30. The Morgan fingerprint density at radius 1 is 1.21 bits per heavy atom. The molecule has 5 nitrogen and oxygen atoms in total. The van der Waals surface area contributed by atoms with Crippen molar-refractivity contribution in [2.24, 2.45) is 0 Å². The van der Waals surface area contributed by atoms with Crippen LogP contribution in [0.5, 0.6) is 0 Å². The normalized spacial score (nSPS) is 16.9. The Bertz CT molecular complexity index is 1010. The van der Waals surface area contributed by atoms with E-state index in [4.69, 9.17) is 11.6 Å². The molecule has 0 bridgehead atoms. The second-order valence-corrected chi connectivity index (χ2v) is 8.24. The second-order valence-electron chi connectivity index (χ2n) is 7.07. The van der Waals surface area contributed by atoms with Gasteiger partial charge in [-0.3, -0.25) is 4.79 Å². The molecule has 0 aliphatic carbocycles. The molecular weight excluding hydrogens is 411 g/mol. The lowest BCUT2D eigenvalue weighted by Gasteiger charge is -2.39. The summed E-state index contributed by atoms with van der Waals surface area (Å²) in [5.41, 5.74) is 1.22. The van der Waals surface area contributed by atoms with Gasteiger partial charge in [-0.2, -0.15) is 4.37 Å². The molecular formula is C21H20ClFN4OS. The van der Waals surface area contributed by atoms with Crippen molar-refractivity contribution in [2.75, 3.05) is 24.5 Å². The fourth-order valence-corrected chi connectivity index (χ4v) is 4.30. The van der Waals surface area contributed by atoms with Crippen LogP contribution in [-0.4, -0.2) is 45.8 Å². The zero-order valence-corrected chi connectivity index (χ0v) is 17.5. The minimum absolute atomic E-state index is 0.0560. The van der Waals surface area contributed by atoms with E-state index in [0.29, 0.717) is 31.1 Å². The third kappa shape index (κ3) is 4.41. The smallest absolute Gasteiger partial charge is 0.257 e. The van der Waals surface area contributed by atoms with Crippen molar-refractivity contribution in [3.8, 4) is 0 Å². The number of rotatable bonds is 4. The van der Waals surface area contributed by atoms with Gasteiger partial charge in [-0.05, 0) is 36.8 Å². The maximum absolute atomic E-state index is 14.0. The largest absolute Gasteiger partial charge is 0.343 e. The Labute approximate surface area is 177 Å². The fourth-order valence-electron chi connectivity index (χ4n) is 3.45. The van der Waals surface area contributed by atoms with E-state index in [1.807, 2.05) is 31.2 Å². The molecule has 0 spiro atoms. The Morgan fingerprint density at radius 2 is 1.97 bits per heavy atom. The van der Waals surface area contributed by atoms with Gasteiger partial charge in [0.15, 0.2) is 0 Å². The monoisotopic (exact) mass is 430 g/mol. The number of hydrogen-bond donors (Lipinski definition) is 0. The third-order valence-corrected chi connectivity index (χ3v) is 6.06. The highest BCUT2D eigenvalue weighted by Gasteiger charge is 2.30. The van der Waals surface area contributed by atoms with Crippen LogP contribution in [0.4, 0.5) is 9.52 Å². The van der Waals surface area contributed by atoms with E-state index in [-0.39, 0.29) is 17.5 Å². The SMILES string of the molecule is CC1CN(c2nc(Cc3ccc(Cl)cc3)ns2)CCN1C(=O)c1ccccc1F. The molecule has 3 aromatic rings. The molecule has 8 heteroatoms. The number of aromatic nitrogens is 2. The van der Waals surface area contributed by atoms with Crippen molar-refractivity contribution in [1.29, 1.82) is 0 Å². The molecule has 1 amide bonds. The van der Waals surface area contributed by atoms with Gasteiger partial charge >= 0.3 is 0 Å². The van der Waals surface area contributed by atoms with Crippen molar-refractivity contribution >= 4 is 34.2 Å². The molecule has 1 aliphatic rings. The van der Waals surface area contributed by atoms with Gasteiger partial charge in [-0.15, -0.1) is 0 Å². The number of halogens is 2. The van der Waals surface area contributed by atoms with Crippen LogP contribution in [0.25, 0.3) is 0 Å². The molecule has 4 rings (SSSR count). The number of piperazine rings is 1. The average molecular weight is 431 g/mol. The summed E-state index contributed by atoms with van der Waals surface area (Å²) in [5.74, 6) is 0.0175. The molecule has 1 aliphatic heterocycles. The fraction of sp³-hybridized carbons (Fsp3) is 0.286. The predicted octanol–water partition coefficient (Wildman–Crippen LogP) is 4.27. The molecule has 1 aromatic heterocycles. The molecule has 150 valence electrons. The average Bonchev–Trinajstić information content (AvgIpc) is 3.18. The van der Waals surface area contributed by atoms with Crippen LogP contribution in [-0.2, 0) is 6.42 Å². The first-order valence-corrected chi connectivity index (χ1v) is 10.5. The van der Waals surface area contributed by atoms with Gasteiger partial charge in [0.25, 0.3) is 5.91 Å². The van der Waals surface area contributed by atoms with Crippen LogP contribution in [0.3, 0.4) is 0 Å². The van der Waals surface area contributed by atoms with Crippen LogP contribution in [0.1, 0.15) is 28.7 Å². The van der Waals surface area contributed by atoms with Crippen molar-refractivity contribution in [1.82, 2.24) is 14.3 Å². The molecule has 1 saturated heterocycles. The van der Waals surface area contributed by atoms with Crippen molar-refractivity contribution in [2.45, 2.75) is 19.4 Å². The van der Waals surface area contributed by atoms with Gasteiger partial charge in [0, 0.05) is 48.7 Å². The molecule has 1 fully saturated rings. The molecule has 0 saturated carbocycles. The summed E-state index contributed by atoms with van der Waals surface area (Å²) < 4.78 is 18.5. The highest BCUT2D eigenvalue weighted by Crippen LogP contribution is 2.24. The van der Waals surface area contributed by atoms with Crippen LogP contribution in [0, 0.1) is 5.82 Å². The van der Waals surface area contributed by atoms with E-state index < -0.39 is 5.82 Å². The standard InChI is InChI=1S/C21H20ClFN4OS/c1-14-13-26(10-11-27(14)20(28)17-4-2-3-5-18(17)23)21-24-19(25-29-21)12-15-6-8-16(22)9-7-15/h2-9,14H,10-13H2,1H3. The molecule has 0 radical (unpaired) electrons. The van der Waals surface area contributed by atoms with Crippen molar-refractivity contribution in [3.05, 3.63) is 76.3 Å². The lowest BCUT2D eigenvalue weighted by Crippen LogP contribution is -2.54. The topological polar surface area (TPSA) is 49.3 Å².